The second-order valence-electron chi connectivity index (χ2n) is 6.33. The number of nitrogens with zero attached hydrogens (tertiary/aromatic N) is 4. The summed E-state index contributed by atoms with van der Waals surface area (Å²) in [6, 6.07) is 11.5. The molecule has 0 spiro atoms. The van der Waals surface area contributed by atoms with E-state index in [-0.39, 0.29) is 0 Å². The van der Waals surface area contributed by atoms with Gasteiger partial charge >= 0.3 is 0 Å². The van der Waals surface area contributed by atoms with Crippen molar-refractivity contribution in [2.45, 2.75) is 20.4 Å². The Labute approximate surface area is 166 Å². The average molecular weight is 398 g/mol. The van der Waals surface area contributed by atoms with Crippen LogP contribution in [0.25, 0.3) is 11.2 Å². The maximum absolute atomic E-state index is 6.31. The number of imidazole rings is 1. The lowest BCUT2D eigenvalue weighted by Crippen LogP contribution is -2.15. The highest BCUT2D eigenvalue weighted by Crippen LogP contribution is 2.26. The zero-order valence-corrected chi connectivity index (χ0v) is 16.4. The highest BCUT2D eigenvalue weighted by atomic mass is 35.5. The molecule has 0 amide bonds. The molecule has 0 unspecified atom stereocenters. The third-order valence-electron chi connectivity index (χ3n) is 4.63. The summed E-state index contributed by atoms with van der Waals surface area (Å²) in [5, 5.41) is 1.23. The minimum Gasteiger partial charge on any atom is -0.340 e. The summed E-state index contributed by atoms with van der Waals surface area (Å²) in [5.41, 5.74) is 6.15. The SMILES string of the molecule is Cc1cccc(N=c2ncn(Cc3c(Cl)cccc3Cl)c3nc[nH]c23)c1C. The van der Waals surface area contributed by atoms with Crippen molar-refractivity contribution in [1.29, 1.82) is 0 Å². The molecule has 0 bridgehead atoms. The molecule has 0 aliphatic heterocycles. The Bertz CT molecular complexity index is 1190. The molecule has 0 fully saturated rings. The van der Waals surface area contributed by atoms with Gasteiger partial charge in [0.25, 0.3) is 0 Å². The van der Waals surface area contributed by atoms with Gasteiger partial charge in [0.05, 0.1) is 24.9 Å². The van der Waals surface area contributed by atoms with Gasteiger partial charge in [-0.05, 0) is 43.2 Å². The molecule has 2 heterocycles. The zero-order valence-electron chi connectivity index (χ0n) is 14.9. The lowest BCUT2D eigenvalue weighted by Gasteiger charge is -2.10. The zero-order chi connectivity index (χ0) is 19.0. The van der Waals surface area contributed by atoms with Gasteiger partial charge in [0.2, 0.25) is 0 Å². The number of hydrogen-bond acceptors (Lipinski definition) is 3. The average Bonchev–Trinajstić information content (AvgIpc) is 3.14. The van der Waals surface area contributed by atoms with Gasteiger partial charge in [-0.3, -0.25) is 0 Å². The lowest BCUT2D eigenvalue weighted by atomic mass is 10.1. The maximum atomic E-state index is 6.31. The van der Waals surface area contributed by atoms with Crippen LogP contribution in [0.15, 0.2) is 54.0 Å². The van der Waals surface area contributed by atoms with Crippen LogP contribution in [0.4, 0.5) is 5.69 Å². The number of aromatic amines is 1. The van der Waals surface area contributed by atoms with E-state index in [0.29, 0.717) is 22.1 Å². The van der Waals surface area contributed by atoms with Crippen LogP contribution >= 0.6 is 23.2 Å². The molecule has 0 radical (unpaired) electrons. The number of nitrogens with one attached hydrogen (secondary N) is 1. The molecule has 0 atom stereocenters. The van der Waals surface area contributed by atoms with E-state index in [4.69, 9.17) is 28.2 Å². The summed E-state index contributed by atoms with van der Waals surface area (Å²) in [5.74, 6) is 0. The first kappa shape index (κ1) is 17.8. The Morgan fingerprint density at radius 2 is 1.78 bits per heavy atom. The fourth-order valence-corrected chi connectivity index (χ4v) is 3.45. The van der Waals surface area contributed by atoms with E-state index in [1.165, 1.54) is 5.56 Å². The van der Waals surface area contributed by atoms with Crippen LogP contribution < -0.4 is 5.49 Å². The third kappa shape index (κ3) is 3.36. The summed E-state index contributed by atoms with van der Waals surface area (Å²) < 4.78 is 1.90. The summed E-state index contributed by atoms with van der Waals surface area (Å²) in [6.07, 6.45) is 3.35. The van der Waals surface area contributed by atoms with Crippen LogP contribution in [-0.2, 0) is 6.54 Å². The van der Waals surface area contributed by atoms with Crippen molar-refractivity contribution in [3.05, 3.63) is 81.3 Å². The molecule has 136 valence electrons. The van der Waals surface area contributed by atoms with Crippen molar-refractivity contribution in [3.63, 3.8) is 0 Å². The predicted octanol–water partition coefficient (Wildman–Crippen LogP) is 4.96. The van der Waals surface area contributed by atoms with E-state index in [9.17, 15) is 0 Å². The standard InChI is InChI=1S/C20H17Cl2N5/c1-12-5-3-8-17(13(12)2)26-19-18-20(24-10-23-18)27(11-25-19)9-14-15(21)6-4-7-16(14)22/h3-8,10-11H,9H2,1-2H3,(H,23,24). The van der Waals surface area contributed by atoms with E-state index in [1.54, 1.807) is 12.7 Å². The highest BCUT2D eigenvalue weighted by Gasteiger charge is 2.11. The smallest absolute Gasteiger partial charge is 0.181 e. The van der Waals surface area contributed by atoms with Crippen molar-refractivity contribution in [1.82, 2.24) is 19.5 Å². The number of rotatable bonds is 3. The van der Waals surface area contributed by atoms with Crippen molar-refractivity contribution < 1.29 is 0 Å². The molecule has 0 aliphatic carbocycles. The predicted molar refractivity (Wildman–Crippen MR) is 109 cm³/mol. The number of benzene rings is 2. The van der Waals surface area contributed by atoms with Crippen LogP contribution in [0, 0.1) is 13.8 Å². The Hall–Kier alpha value is -2.63. The molecular weight excluding hydrogens is 381 g/mol. The fraction of sp³-hybridized carbons (Fsp3) is 0.150. The largest absolute Gasteiger partial charge is 0.340 e. The molecular formula is C20H17Cl2N5. The van der Waals surface area contributed by atoms with Crippen molar-refractivity contribution >= 4 is 40.1 Å². The molecule has 2 aromatic carbocycles. The summed E-state index contributed by atoms with van der Waals surface area (Å²) in [6.45, 7) is 4.59. The van der Waals surface area contributed by atoms with Gasteiger partial charge in [-0.2, -0.15) is 0 Å². The van der Waals surface area contributed by atoms with Crippen LogP contribution in [0.3, 0.4) is 0 Å². The number of aryl methyl sites for hydroxylation is 1. The first-order valence-electron chi connectivity index (χ1n) is 8.47. The van der Waals surface area contributed by atoms with E-state index in [1.807, 2.05) is 34.9 Å². The Kier molecular flexibility index (Phi) is 4.72. The molecule has 0 saturated heterocycles. The quantitative estimate of drug-likeness (QED) is 0.530. The van der Waals surface area contributed by atoms with E-state index in [0.717, 1.165) is 28.0 Å². The van der Waals surface area contributed by atoms with Gasteiger partial charge in [-0.15, -0.1) is 0 Å². The Morgan fingerprint density at radius 3 is 2.56 bits per heavy atom. The number of fused-ring (bicyclic) bond motifs is 1. The van der Waals surface area contributed by atoms with Gasteiger partial charge in [0.1, 0.15) is 5.52 Å². The number of hydrogen-bond donors (Lipinski definition) is 1. The molecule has 2 aromatic heterocycles. The Morgan fingerprint density at radius 1 is 1.04 bits per heavy atom. The molecule has 7 heteroatoms. The molecule has 27 heavy (non-hydrogen) atoms. The van der Waals surface area contributed by atoms with Crippen molar-refractivity contribution in [2.75, 3.05) is 0 Å². The number of aromatic nitrogens is 4. The van der Waals surface area contributed by atoms with Crippen molar-refractivity contribution in [3.8, 4) is 0 Å². The lowest BCUT2D eigenvalue weighted by molar-refractivity contribution is 0.786. The van der Waals surface area contributed by atoms with Gasteiger partial charge in [0, 0.05) is 15.6 Å². The maximum Gasteiger partial charge on any atom is 0.181 e. The number of H-pyrrole nitrogens is 1. The summed E-state index contributed by atoms with van der Waals surface area (Å²) in [7, 11) is 0. The summed E-state index contributed by atoms with van der Waals surface area (Å²) in [4.78, 5) is 16.9. The van der Waals surface area contributed by atoms with Crippen molar-refractivity contribution in [2.24, 2.45) is 4.99 Å². The molecule has 4 rings (SSSR count). The van der Waals surface area contributed by atoms with Crippen LogP contribution in [-0.4, -0.2) is 19.5 Å². The number of halogens is 2. The van der Waals surface area contributed by atoms with Crippen LogP contribution in [0.2, 0.25) is 10.0 Å². The second kappa shape index (κ2) is 7.18. The summed E-state index contributed by atoms with van der Waals surface area (Å²) >= 11 is 12.6. The van der Waals surface area contributed by atoms with E-state index < -0.39 is 0 Å². The normalized spacial score (nSPS) is 12.1. The minimum atomic E-state index is 0.469. The molecule has 0 saturated carbocycles. The minimum absolute atomic E-state index is 0.469. The van der Waals surface area contributed by atoms with E-state index in [2.05, 4.69) is 34.9 Å². The third-order valence-corrected chi connectivity index (χ3v) is 5.34. The van der Waals surface area contributed by atoms with Crippen LogP contribution in [0.5, 0.6) is 0 Å². The topological polar surface area (TPSA) is 58.9 Å². The monoisotopic (exact) mass is 397 g/mol. The van der Waals surface area contributed by atoms with Gasteiger partial charge in [-0.25, -0.2) is 15.0 Å². The molecule has 4 aromatic rings. The van der Waals surface area contributed by atoms with E-state index >= 15 is 0 Å². The Balaban J connectivity index is 1.84. The van der Waals surface area contributed by atoms with Gasteiger partial charge in [-0.1, -0.05) is 41.4 Å². The van der Waals surface area contributed by atoms with Gasteiger partial charge < -0.3 is 9.55 Å². The van der Waals surface area contributed by atoms with Crippen LogP contribution in [0.1, 0.15) is 16.7 Å². The van der Waals surface area contributed by atoms with Gasteiger partial charge in [0.15, 0.2) is 11.1 Å². The fourth-order valence-electron chi connectivity index (χ4n) is 2.94. The first-order valence-corrected chi connectivity index (χ1v) is 9.22. The first-order chi connectivity index (χ1) is 13.0. The molecule has 0 aliphatic rings. The highest BCUT2D eigenvalue weighted by molar-refractivity contribution is 6.36. The molecule has 1 N–H and O–H groups in total. The molecule has 5 nitrogen and oxygen atoms in total. The second-order valence-corrected chi connectivity index (χ2v) is 7.14.